The van der Waals surface area contributed by atoms with Gasteiger partial charge in [0.15, 0.2) is 43.1 Å². The fourth-order valence-electron chi connectivity index (χ4n) is 5.69. The van der Waals surface area contributed by atoms with E-state index in [1.807, 2.05) is 0 Å². The Balaban J connectivity index is 2.62. The maximum absolute atomic E-state index is 12.5. The highest BCUT2D eigenvalue weighted by atomic mass is 16.8. The maximum Gasteiger partial charge on any atom is 0.303 e. The van der Waals surface area contributed by atoms with E-state index in [1.165, 1.54) is 0 Å². The lowest BCUT2D eigenvalue weighted by Crippen LogP contribution is -2.67. The number of rotatable bonds is 19. The van der Waals surface area contributed by atoms with Crippen molar-refractivity contribution in [3.8, 4) is 0 Å². The van der Waals surface area contributed by atoms with Crippen LogP contribution in [0.1, 0.15) is 93.9 Å². The summed E-state index contributed by atoms with van der Waals surface area (Å²) in [6, 6.07) is 0. The third-order valence-electron chi connectivity index (χ3n) is 7.67. The maximum atomic E-state index is 12.5. The number of hydrogen-bond acceptors (Lipinski definition) is 18. The third kappa shape index (κ3) is 15.0. The van der Waals surface area contributed by atoms with Crippen molar-refractivity contribution in [2.75, 3.05) is 19.8 Å². The predicted molar refractivity (Wildman–Crippen MR) is 173 cm³/mol. The molecule has 0 aromatic carbocycles. The Morgan fingerprint density at radius 1 is 0.442 bits per heavy atom. The summed E-state index contributed by atoms with van der Waals surface area (Å²) < 4.78 is 62.6. The fourth-order valence-corrected chi connectivity index (χ4v) is 5.69. The first-order valence-corrected chi connectivity index (χ1v) is 17.2. The van der Waals surface area contributed by atoms with E-state index in [4.69, 9.17) is 52.1 Å². The van der Waals surface area contributed by atoms with Gasteiger partial charge in [-0.1, -0.05) is 39.0 Å². The van der Waals surface area contributed by atoms with Crippen LogP contribution >= 0.6 is 0 Å². The lowest BCUT2D eigenvalue weighted by molar-refractivity contribution is -0.361. The van der Waals surface area contributed by atoms with Gasteiger partial charge in [0.05, 0.1) is 0 Å². The number of ether oxygens (including phenoxy) is 11. The van der Waals surface area contributed by atoms with Crippen molar-refractivity contribution in [1.29, 1.82) is 0 Å². The largest absolute Gasteiger partial charge is 0.463 e. The molecule has 2 rings (SSSR count). The van der Waals surface area contributed by atoms with Gasteiger partial charge >= 0.3 is 41.8 Å². The highest BCUT2D eigenvalue weighted by Crippen LogP contribution is 2.35. The monoisotopic (exact) mass is 748 g/mol. The molecule has 0 N–H and O–H groups in total. The molecule has 2 aliphatic rings. The van der Waals surface area contributed by atoms with Gasteiger partial charge in [0.2, 0.25) is 0 Å². The lowest BCUT2D eigenvalue weighted by Gasteiger charge is -2.48. The van der Waals surface area contributed by atoms with E-state index in [1.54, 1.807) is 0 Å². The smallest absolute Gasteiger partial charge is 0.303 e. The van der Waals surface area contributed by atoms with Gasteiger partial charge in [-0.2, -0.15) is 0 Å². The van der Waals surface area contributed by atoms with Crippen molar-refractivity contribution in [2.45, 2.75) is 155 Å². The molecule has 0 aromatic heterocycles. The molecule has 0 bridgehead atoms. The van der Waals surface area contributed by atoms with Gasteiger partial charge in [-0.15, -0.1) is 0 Å². The number of esters is 7. The van der Waals surface area contributed by atoms with Crippen molar-refractivity contribution in [2.24, 2.45) is 0 Å². The average Bonchev–Trinajstić information content (AvgIpc) is 3.02. The molecule has 2 saturated heterocycles. The zero-order valence-electron chi connectivity index (χ0n) is 31.0. The van der Waals surface area contributed by atoms with Crippen molar-refractivity contribution in [3.63, 3.8) is 0 Å². The highest BCUT2D eigenvalue weighted by molar-refractivity contribution is 5.69. The molecule has 2 aliphatic heterocycles. The van der Waals surface area contributed by atoms with Gasteiger partial charge in [0.1, 0.15) is 31.5 Å². The van der Waals surface area contributed by atoms with Crippen LogP contribution in [0.25, 0.3) is 0 Å². The second-order valence-corrected chi connectivity index (χ2v) is 12.3. The van der Waals surface area contributed by atoms with Crippen molar-refractivity contribution < 1.29 is 85.7 Å². The highest BCUT2D eigenvalue weighted by Gasteiger charge is 2.57. The first-order chi connectivity index (χ1) is 24.5. The summed E-state index contributed by atoms with van der Waals surface area (Å²) in [6.45, 7) is 8.89. The van der Waals surface area contributed by atoms with Crippen molar-refractivity contribution in [3.05, 3.63) is 0 Å². The molecule has 0 saturated carbocycles. The topological polar surface area (TPSA) is 221 Å². The summed E-state index contributed by atoms with van der Waals surface area (Å²) in [5, 5.41) is 0. The van der Waals surface area contributed by atoms with E-state index in [-0.39, 0.29) is 6.61 Å². The first kappa shape index (κ1) is 44.3. The SMILES string of the molecule is CCCCCCCCO[C@@H]1O[C@H](COC(C)=O)[C@H](O[C@H]2O[C@H](COC(C)=O)[C@H](OC(C)=O)[C@H](OC(C)=O)[C@H]2OC(C)=O)[C@H](OC(C)=O)[C@H]1OC(C)=O. The summed E-state index contributed by atoms with van der Waals surface area (Å²) in [7, 11) is 0. The number of unbranched alkanes of at least 4 members (excludes halogenated alkanes) is 5. The summed E-state index contributed by atoms with van der Waals surface area (Å²) in [5.41, 5.74) is 0. The van der Waals surface area contributed by atoms with Gasteiger partial charge in [-0.25, -0.2) is 0 Å². The molecule has 296 valence electrons. The molecule has 10 atom stereocenters. The fraction of sp³-hybridized carbons (Fsp3) is 0.794. The van der Waals surface area contributed by atoms with Crippen LogP contribution in [-0.2, 0) is 85.7 Å². The minimum absolute atomic E-state index is 0.173. The predicted octanol–water partition coefficient (Wildman–Crippen LogP) is 1.98. The van der Waals surface area contributed by atoms with Crippen LogP contribution in [-0.4, -0.2) is 123 Å². The molecule has 0 spiro atoms. The second kappa shape index (κ2) is 22.3. The van der Waals surface area contributed by atoms with Crippen LogP contribution in [0.4, 0.5) is 0 Å². The molecule has 0 aliphatic carbocycles. The standard InChI is InChI=1S/C34H52O18/c1-9-10-11-12-13-14-15-42-33-31(48-23(7)40)30(47-22(6)39)28(26(50-33)17-44-19(3)36)52-34-32(49-24(8)41)29(46-21(5)38)27(45-20(4)37)25(51-34)16-43-18(2)35/h25-34H,9-17H2,1-8H3/t25-,26-,27+,28+,29+,30+,31-,32-,33-,34-/m1/s1. The third-order valence-corrected chi connectivity index (χ3v) is 7.67. The molecule has 18 heteroatoms. The van der Waals surface area contributed by atoms with Gasteiger partial charge in [0.25, 0.3) is 0 Å². The molecule has 2 fully saturated rings. The van der Waals surface area contributed by atoms with Gasteiger partial charge < -0.3 is 52.1 Å². The molecule has 18 nitrogen and oxygen atoms in total. The minimum atomic E-state index is -1.76. The Morgan fingerprint density at radius 3 is 1.31 bits per heavy atom. The molecule has 0 radical (unpaired) electrons. The van der Waals surface area contributed by atoms with E-state index >= 15 is 0 Å². The quantitative estimate of drug-likeness (QED) is 0.105. The van der Waals surface area contributed by atoms with Crippen LogP contribution in [0.15, 0.2) is 0 Å². The Bertz CT molecular complexity index is 1220. The van der Waals surface area contributed by atoms with Crippen LogP contribution in [0, 0.1) is 0 Å². The first-order valence-electron chi connectivity index (χ1n) is 17.2. The molecular weight excluding hydrogens is 696 g/mol. The molecule has 52 heavy (non-hydrogen) atoms. The zero-order valence-corrected chi connectivity index (χ0v) is 31.0. The molecule has 0 amide bonds. The lowest BCUT2D eigenvalue weighted by atomic mass is 9.96. The Labute approximate surface area is 302 Å². The van der Waals surface area contributed by atoms with Crippen LogP contribution in [0.3, 0.4) is 0 Å². The van der Waals surface area contributed by atoms with Crippen LogP contribution in [0.5, 0.6) is 0 Å². The van der Waals surface area contributed by atoms with Crippen molar-refractivity contribution >= 4 is 41.8 Å². The van der Waals surface area contributed by atoms with Gasteiger partial charge in [0, 0.05) is 55.1 Å². The van der Waals surface area contributed by atoms with E-state index in [9.17, 15) is 33.6 Å². The molecule has 2 heterocycles. The minimum Gasteiger partial charge on any atom is -0.463 e. The molecule has 0 unspecified atom stereocenters. The van der Waals surface area contributed by atoms with E-state index in [0.717, 1.165) is 80.6 Å². The second-order valence-electron chi connectivity index (χ2n) is 12.3. The van der Waals surface area contributed by atoms with Crippen LogP contribution < -0.4 is 0 Å². The number of carbonyl (C=O) groups excluding carboxylic acids is 7. The summed E-state index contributed by atoms with van der Waals surface area (Å²) in [4.78, 5) is 85.5. The summed E-state index contributed by atoms with van der Waals surface area (Å²) in [5.74, 6) is -5.67. The van der Waals surface area contributed by atoms with Gasteiger partial charge in [-0.05, 0) is 6.42 Å². The Hall–Kier alpha value is -3.87. The van der Waals surface area contributed by atoms with Crippen molar-refractivity contribution in [1.82, 2.24) is 0 Å². The summed E-state index contributed by atoms with van der Waals surface area (Å²) in [6.07, 6.45) is -9.29. The number of hydrogen-bond donors (Lipinski definition) is 0. The van der Waals surface area contributed by atoms with E-state index in [2.05, 4.69) is 6.92 Å². The van der Waals surface area contributed by atoms with Gasteiger partial charge in [-0.3, -0.25) is 33.6 Å². The Morgan fingerprint density at radius 2 is 0.827 bits per heavy atom. The average molecular weight is 749 g/mol. The normalized spacial score (nSPS) is 28.5. The number of carbonyl (C=O) groups is 7. The zero-order chi connectivity index (χ0) is 39.0. The van der Waals surface area contributed by atoms with E-state index < -0.39 is 116 Å². The molecular formula is C34H52O18. The summed E-state index contributed by atoms with van der Waals surface area (Å²) >= 11 is 0. The van der Waals surface area contributed by atoms with Crippen LogP contribution in [0.2, 0.25) is 0 Å². The molecule has 0 aromatic rings. The van der Waals surface area contributed by atoms with E-state index in [0.29, 0.717) is 6.42 Å². The Kier molecular flexibility index (Phi) is 19.0.